The van der Waals surface area contributed by atoms with E-state index in [4.69, 9.17) is 14.2 Å². The van der Waals surface area contributed by atoms with E-state index in [0.717, 1.165) is 16.5 Å². The van der Waals surface area contributed by atoms with Crippen LogP contribution in [0.5, 0.6) is 11.5 Å². The minimum absolute atomic E-state index is 0.281. The molecule has 0 radical (unpaired) electrons. The fourth-order valence-corrected chi connectivity index (χ4v) is 2.84. The number of carbonyl (C=O) groups excluding carboxylic acids is 2. The van der Waals surface area contributed by atoms with Crippen LogP contribution >= 0.6 is 0 Å². The highest BCUT2D eigenvalue weighted by molar-refractivity contribution is 5.96. The van der Waals surface area contributed by atoms with Crippen LogP contribution in [0.2, 0.25) is 0 Å². The Labute approximate surface area is 162 Å². The van der Waals surface area contributed by atoms with Gasteiger partial charge in [0.05, 0.1) is 14.2 Å². The Morgan fingerprint density at radius 3 is 2.57 bits per heavy atom. The lowest BCUT2D eigenvalue weighted by Crippen LogP contribution is -2.31. The molecular formula is C21H22N2O5. The number of benzene rings is 2. The average Bonchev–Trinajstić information content (AvgIpc) is 3.15. The summed E-state index contributed by atoms with van der Waals surface area (Å²) in [5.41, 5.74) is 1.91. The van der Waals surface area contributed by atoms with E-state index in [2.05, 4.69) is 4.98 Å². The summed E-state index contributed by atoms with van der Waals surface area (Å²) in [6, 6.07) is 14.6. The van der Waals surface area contributed by atoms with E-state index in [1.54, 1.807) is 33.4 Å². The maximum Gasteiger partial charge on any atom is 0.355 e. The Hall–Kier alpha value is -3.48. The SMILES string of the molecule is COc1ccc2cc(C(=O)OCC(=O)N(C)Cc3ccccc3OC)[nH]c2c1. The van der Waals surface area contributed by atoms with E-state index in [-0.39, 0.29) is 18.2 Å². The summed E-state index contributed by atoms with van der Waals surface area (Å²) >= 11 is 0. The van der Waals surface area contributed by atoms with Crippen LogP contribution in [0.4, 0.5) is 0 Å². The van der Waals surface area contributed by atoms with Crippen LogP contribution in [0.1, 0.15) is 16.1 Å². The van der Waals surface area contributed by atoms with E-state index < -0.39 is 5.97 Å². The molecule has 0 unspecified atom stereocenters. The standard InChI is InChI=1S/C21H22N2O5/c1-23(12-15-6-4-5-7-19(15)27-3)20(24)13-28-21(25)18-10-14-8-9-16(26-2)11-17(14)22-18/h4-11,22H,12-13H2,1-3H3. The molecule has 1 N–H and O–H groups in total. The van der Waals surface area contributed by atoms with E-state index in [9.17, 15) is 9.59 Å². The van der Waals surface area contributed by atoms with Crippen molar-refractivity contribution in [1.82, 2.24) is 9.88 Å². The minimum atomic E-state index is -0.589. The van der Waals surface area contributed by atoms with E-state index in [1.807, 2.05) is 36.4 Å². The highest BCUT2D eigenvalue weighted by atomic mass is 16.5. The first-order chi connectivity index (χ1) is 13.5. The van der Waals surface area contributed by atoms with Crippen LogP contribution in [-0.2, 0) is 16.1 Å². The molecule has 7 heteroatoms. The third kappa shape index (κ3) is 4.25. The molecule has 146 valence electrons. The number of amides is 1. The topological polar surface area (TPSA) is 80.9 Å². The number of ether oxygens (including phenoxy) is 3. The van der Waals surface area contributed by atoms with Crippen molar-refractivity contribution in [3.8, 4) is 11.5 Å². The summed E-state index contributed by atoms with van der Waals surface area (Å²) < 4.78 is 15.6. The number of likely N-dealkylation sites (N-methyl/N-ethyl adjacent to an activating group) is 1. The third-order valence-electron chi connectivity index (χ3n) is 4.40. The molecule has 0 spiro atoms. The van der Waals surface area contributed by atoms with Gasteiger partial charge in [-0.25, -0.2) is 4.79 Å². The second kappa shape index (κ2) is 8.47. The number of esters is 1. The first-order valence-electron chi connectivity index (χ1n) is 8.71. The van der Waals surface area contributed by atoms with Crippen LogP contribution in [0.3, 0.4) is 0 Å². The fourth-order valence-electron chi connectivity index (χ4n) is 2.84. The number of para-hydroxylation sites is 1. The largest absolute Gasteiger partial charge is 0.497 e. The lowest BCUT2D eigenvalue weighted by atomic mass is 10.2. The summed E-state index contributed by atoms with van der Waals surface area (Å²) in [4.78, 5) is 29.1. The molecule has 2 aromatic carbocycles. The fraction of sp³-hybridized carbons (Fsp3) is 0.238. The van der Waals surface area contributed by atoms with Crippen molar-refractivity contribution in [3.05, 3.63) is 59.8 Å². The Morgan fingerprint density at radius 1 is 1.04 bits per heavy atom. The highest BCUT2D eigenvalue weighted by Crippen LogP contribution is 2.22. The quantitative estimate of drug-likeness (QED) is 0.636. The molecule has 28 heavy (non-hydrogen) atoms. The van der Waals surface area contributed by atoms with Crippen LogP contribution in [-0.4, -0.2) is 49.6 Å². The van der Waals surface area contributed by atoms with Gasteiger partial charge in [-0.1, -0.05) is 18.2 Å². The highest BCUT2D eigenvalue weighted by Gasteiger charge is 2.16. The number of nitrogens with one attached hydrogen (secondary N) is 1. The summed E-state index contributed by atoms with van der Waals surface area (Å²) in [7, 11) is 4.81. The van der Waals surface area contributed by atoms with E-state index in [1.165, 1.54) is 4.90 Å². The lowest BCUT2D eigenvalue weighted by molar-refractivity contribution is -0.133. The second-order valence-corrected chi connectivity index (χ2v) is 6.27. The number of fused-ring (bicyclic) bond motifs is 1. The number of hydrogen-bond donors (Lipinski definition) is 1. The number of hydrogen-bond acceptors (Lipinski definition) is 5. The van der Waals surface area contributed by atoms with Gasteiger partial charge in [-0.05, 0) is 24.3 Å². The average molecular weight is 382 g/mol. The number of methoxy groups -OCH3 is 2. The molecule has 0 aliphatic heterocycles. The van der Waals surface area contributed by atoms with Gasteiger partial charge in [-0.15, -0.1) is 0 Å². The molecule has 0 aliphatic carbocycles. The Bertz CT molecular complexity index is 995. The van der Waals surface area contributed by atoms with Crippen molar-refractivity contribution in [1.29, 1.82) is 0 Å². The lowest BCUT2D eigenvalue weighted by Gasteiger charge is -2.18. The number of rotatable bonds is 7. The Morgan fingerprint density at radius 2 is 1.82 bits per heavy atom. The van der Waals surface area contributed by atoms with Crippen molar-refractivity contribution in [2.45, 2.75) is 6.54 Å². The minimum Gasteiger partial charge on any atom is -0.497 e. The molecule has 3 rings (SSSR count). The van der Waals surface area contributed by atoms with Crippen molar-refractivity contribution in [2.75, 3.05) is 27.9 Å². The first kappa shape index (κ1) is 19.3. The molecule has 0 aliphatic rings. The maximum atomic E-state index is 12.3. The summed E-state index contributed by atoms with van der Waals surface area (Å²) in [6.45, 7) is 0.00967. The van der Waals surface area contributed by atoms with Crippen LogP contribution < -0.4 is 9.47 Å². The van der Waals surface area contributed by atoms with Crippen molar-refractivity contribution in [3.63, 3.8) is 0 Å². The molecule has 1 amide bonds. The molecular weight excluding hydrogens is 360 g/mol. The number of carbonyl (C=O) groups is 2. The van der Waals surface area contributed by atoms with Crippen LogP contribution in [0, 0.1) is 0 Å². The van der Waals surface area contributed by atoms with Gasteiger partial charge < -0.3 is 24.1 Å². The predicted molar refractivity (Wildman–Crippen MR) is 105 cm³/mol. The Balaban J connectivity index is 1.59. The number of aromatic amines is 1. The van der Waals surface area contributed by atoms with Gasteiger partial charge in [-0.3, -0.25) is 4.79 Å². The molecule has 3 aromatic rings. The maximum absolute atomic E-state index is 12.3. The van der Waals surface area contributed by atoms with Crippen LogP contribution in [0.15, 0.2) is 48.5 Å². The molecule has 0 fully saturated rings. The Kier molecular flexibility index (Phi) is 5.84. The van der Waals surface area contributed by atoms with Crippen LogP contribution in [0.25, 0.3) is 10.9 Å². The molecule has 0 bridgehead atoms. The smallest absolute Gasteiger partial charge is 0.355 e. The van der Waals surface area contributed by atoms with Crippen molar-refractivity contribution < 1.29 is 23.8 Å². The molecule has 7 nitrogen and oxygen atoms in total. The normalized spacial score (nSPS) is 10.5. The second-order valence-electron chi connectivity index (χ2n) is 6.27. The zero-order chi connectivity index (χ0) is 20.1. The zero-order valence-corrected chi connectivity index (χ0v) is 16.0. The van der Waals surface area contributed by atoms with Gasteiger partial charge in [0, 0.05) is 36.1 Å². The molecule has 0 saturated heterocycles. The zero-order valence-electron chi connectivity index (χ0n) is 16.0. The number of nitrogens with zero attached hydrogens (tertiary/aromatic N) is 1. The van der Waals surface area contributed by atoms with Gasteiger partial charge in [-0.2, -0.15) is 0 Å². The molecule has 0 saturated carbocycles. The van der Waals surface area contributed by atoms with Gasteiger partial charge in [0.15, 0.2) is 6.61 Å². The van der Waals surface area contributed by atoms with Crippen molar-refractivity contribution in [2.24, 2.45) is 0 Å². The van der Waals surface area contributed by atoms with E-state index in [0.29, 0.717) is 18.0 Å². The van der Waals surface area contributed by atoms with Gasteiger partial charge in [0.1, 0.15) is 17.2 Å². The number of H-pyrrole nitrogens is 1. The van der Waals surface area contributed by atoms with E-state index >= 15 is 0 Å². The van der Waals surface area contributed by atoms with Gasteiger partial charge >= 0.3 is 5.97 Å². The predicted octanol–water partition coefficient (Wildman–Crippen LogP) is 3.00. The molecule has 1 aromatic heterocycles. The summed E-state index contributed by atoms with van der Waals surface area (Å²) in [5.74, 6) is 0.487. The summed E-state index contributed by atoms with van der Waals surface area (Å²) in [5, 5.41) is 0.854. The van der Waals surface area contributed by atoms with Crippen molar-refractivity contribution >= 4 is 22.8 Å². The summed E-state index contributed by atoms with van der Waals surface area (Å²) in [6.07, 6.45) is 0. The first-order valence-corrected chi connectivity index (χ1v) is 8.71. The van der Waals surface area contributed by atoms with Gasteiger partial charge in [0.2, 0.25) is 0 Å². The molecule has 1 heterocycles. The monoisotopic (exact) mass is 382 g/mol. The number of aromatic nitrogens is 1. The molecule has 0 atom stereocenters. The van der Waals surface area contributed by atoms with Gasteiger partial charge in [0.25, 0.3) is 5.91 Å². The third-order valence-corrected chi connectivity index (χ3v) is 4.40.